The van der Waals surface area contributed by atoms with E-state index in [9.17, 15) is 14.4 Å². The van der Waals surface area contributed by atoms with Crippen molar-refractivity contribution in [2.24, 2.45) is 11.3 Å². The number of Topliss-reactive ketones (excluding diaryl/α,β-unsaturated/α-hetero) is 1. The molecule has 0 unspecified atom stereocenters. The quantitative estimate of drug-likeness (QED) is 0.599. The molecular formula is C18H26N2O3. The molecule has 0 aliphatic heterocycles. The second-order valence-electron chi connectivity index (χ2n) is 6.65. The lowest BCUT2D eigenvalue weighted by Crippen LogP contribution is -2.45. The van der Waals surface area contributed by atoms with Crippen LogP contribution in [-0.4, -0.2) is 24.1 Å². The van der Waals surface area contributed by atoms with Crippen LogP contribution in [0.25, 0.3) is 0 Å². The summed E-state index contributed by atoms with van der Waals surface area (Å²) in [5.74, 6) is -0.217. The van der Waals surface area contributed by atoms with Crippen LogP contribution < -0.4 is 10.6 Å². The molecule has 0 saturated heterocycles. The second kappa shape index (κ2) is 7.90. The molecule has 5 heteroatoms. The summed E-state index contributed by atoms with van der Waals surface area (Å²) in [6, 6.07) is 6.60. The Morgan fingerprint density at radius 2 is 1.61 bits per heavy atom. The molecule has 0 heterocycles. The van der Waals surface area contributed by atoms with Crippen molar-refractivity contribution in [1.29, 1.82) is 0 Å². The number of anilines is 1. The van der Waals surface area contributed by atoms with Gasteiger partial charge in [-0.1, -0.05) is 13.8 Å². The van der Waals surface area contributed by atoms with Crippen molar-refractivity contribution in [3.8, 4) is 0 Å². The summed E-state index contributed by atoms with van der Waals surface area (Å²) < 4.78 is 0. The Hall–Kier alpha value is -2.17. The SMILES string of the molecule is CC(=O)c1ccc(NC(=O)C(C)(C)C(=O)NCCC(C)C)cc1. The van der Waals surface area contributed by atoms with E-state index in [1.54, 1.807) is 38.1 Å². The fourth-order valence-corrected chi connectivity index (χ4v) is 1.87. The van der Waals surface area contributed by atoms with E-state index in [-0.39, 0.29) is 17.6 Å². The first-order valence-electron chi connectivity index (χ1n) is 7.85. The number of carbonyl (C=O) groups excluding carboxylic acids is 3. The van der Waals surface area contributed by atoms with Crippen molar-refractivity contribution in [2.45, 2.75) is 41.0 Å². The van der Waals surface area contributed by atoms with Gasteiger partial charge in [-0.15, -0.1) is 0 Å². The van der Waals surface area contributed by atoms with Crippen LogP contribution in [0.1, 0.15) is 51.4 Å². The highest BCUT2D eigenvalue weighted by molar-refractivity contribution is 6.10. The summed E-state index contributed by atoms with van der Waals surface area (Å²) in [5, 5.41) is 5.52. The molecule has 1 aromatic rings. The fourth-order valence-electron chi connectivity index (χ4n) is 1.87. The molecule has 0 aliphatic rings. The number of benzene rings is 1. The third-order valence-corrected chi connectivity index (χ3v) is 3.69. The first-order valence-corrected chi connectivity index (χ1v) is 7.85. The van der Waals surface area contributed by atoms with Gasteiger partial charge in [-0.05, 0) is 57.4 Å². The smallest absolute Gasteiger partial charge is 0.239 e. The minimum absolute atomic E-state index is 0.0345. The van der Waals surface area contributed by atoms with Gasteiger partial charge in [-0.25, -0.2) is 0 Å². The van der Waals surface area contributed by atoms with E-state index < -0.39 is 5.41 Å². The Balaban J connectivity index is 2.67. The Morgan fingerprint density at radius 3 is 2.09 bits per heavy atom. The molecular weight excluding hydrogens is 292 g/mol. The van der Waals surface area contributed by atoms with Gasteiger partial charge in [0.2, 0.25) is 11.8 Å². The highest BCUT2D eigenvalue weighted by Crippen LogP contribution is 2.19. The molecule has 0 spiro atoms. The number of ketones is 1. The molecule has 1 rings (SSSR count). The largest absolute Gasteiger partial charge is 0.355 e. The van der Waals surface area contributed by atoms with Crippen LogP contribution in [0, 0.1) is 11.3 Å². The van der Waals surface area contributed by atoms with Crippen LogP contribution in [-0.2, 0) is 9.59 Å². The third kappa shape index (κ3) is 5.51. The van der Waals surface area contributed by atoms with E-state index in [1.807, 2.05) is 0 Å². The number of rotatable bonds is 7. The molecule has 2 N–H and O–H groups in total. The van der Waals surface area contributed by atoms with E-state index in [4.69, 9.17) is 0 Å². The molecule has 0 fully saturated rings. The Bertz CT molecular complexity index is 574. The highest BCUT2D eigenvalue weighted by Gasteiger charge is 2.35. The maximum absolute atomic E-state index is 12.4. The zero-order valence-electron chi connectivity index (χ0n) is 14.5. The monoisotopic (exact) mass is 318 g/mol. The number of hydrogen-bond acceptors (Lipinski definition) is 3. The second-order valence-corrected chi connectivity index (χ2v) is 6.65. The standard InChI is InChI=1S/C18H26N2O3/c1-12(2)10-11-19-16(22)18(4,5)17(23)20-15-8-6-14(7-9-15)13(3)21/h6-9,12H,10-11H2,1-5H3,(H,19,22)(H,20,23). The van der Waals surface area contributed by atoms with Gasteiger partial charge < -0.3 is 10.6 Å². The van der Waals surface area contributed by atoms with Gasteiger partial charge in [-0.2, -0.15) is 0 Å². The minimum atomic E-state index is -1.17. The average molecular weight is 318 g/mol. The lowest BCUT2D eigenvalue weighted by atomic mass is 9.90. The highest BCUT2D eigenvalue weighted by atomic mass is 16.2. The van der Waals surface area contributed by atoms with E-state index in [2.05, 4.69) is 24.5 Å². The number of hydrogen-bond donors (Lipinski definition) is 2. The van der Waals surface area contributed by atoms with Crippen molar-refractivity contribution in [3.05, 3.63) is 29.8 Å². The number of nitrogens with one attached hydrogen (secondary N) is 2. The van der Waals surface area contributed by atoms with E-state index >= 15 is 0 Å². The molecule has 2 amide bonds. The molecule has 0 aromatic heterocycles. The normalized spacial score (nSPS) is 11.2. The fraction of sp³-hybridized carbons (Fsp3) is 0.500. The molecule has 1 aromatic carbocycles. The average Bonchev–Trinajstić information content (AvgIpc) is 2.47. The maximum Gasteiger partial charge on any atom is 0.239 e. The number of carbonyl (C=O) groups is 3. The molecule has 0 bridgehead atoms. The van der Waals surface area contributed by atoms with Gasteiger partial charge in [0.15, 0.2) is 5.78 Å². The van der Waals surface area contributed by atoms with Crippen LogP contribution in [0.3, 0.4) is 0 Å². The van der Waals surface area contributed by atoms with Crippen molar-refractivity contribution >= 4 is 23.3 Å². The van der Waals surface area contributed by atoms with E-state index in [1.165, 1.54) is 6.92 Å². The summed E-state index contributed by atoms with van der Waals surface area (Å²) in [6.45, 7) is 9.39. The van der Waals surface area contributed by atoms with Gasteiger partial charge >= 0.3 is 0 Å². The predicted molar refractivity (Wildman–Crippen MR) is 91.3 cm³/mol. The summed E-state index contributed by atoms with van der Waals surface area (Å²) in [7, 11) is 0. The van der Waals surface area contributed by atoms with E-state index in [0.29, 0.717) is 23.7 Å². The van der Waals surface area contributed by atoms with Crippen molar-refractivity contribution in [1.82, 2.24) is 5.32 Å². The zero-order chi connectivity index (χ0) is 17.6. The van der Waals surface area contributed by atoms with Crippen molar-refractivity contribution < 1.29 is 14.4 Å². The van der Waals surface area contributed by atoms with Gasteiger partial charge in [0.25, 0.3) is 0 Å². The maximum atomic E-state index is 12.4. The van der Waals surface area contributed by atoms with Gasteiger partial charge in [0.1, 0.15) is 5.41 Å². The van der Waals surface area contributed by atoms with Gasteiger partial charge in [0.05, 0.1) is 0 Å². The first kappa shape index (κ1) is 18.9. The van der Waals surface area contributed by atoms with Crippen LogP contribution in [0.4, 0.5) is 5.69 Å². The van der Waals surface area contributed by atoms with Crippen molar-refractivity contribution in [3.63, 3.8) is 0 Å². The van der Waals surface area contributed by atoms with Crippen LogP contribution in [0.5, 0.6) is 0 Å². The molecule has 0 atom stereocenters. The molecule has 0 aliphatic carbocycles. The van der Waals surface area contributed by atoms with Crippen LogP contribution in [0.15, 0.2) is 24.3 Å². The third-order valence-electron chi connectivity index (χ3n) is 3.69. The Labute approximate surface area is 137 Å². The van der Waals surface area contributed by atoms with Crippen molar-refractivity contribution in [2.75, 3.05) is 11.9 Å². The summed E-state index contributed by atoms with van der Waals surface area (Å²) in [4.78, 5) is 35.8. The topological polar surface area (TPSA) is 75.3 Å². The molecule has 23 heavy (non-hydrogen) atoms. The van der Waals surface area contributed by atoms with Crippen LogP contribution >= 0.6 is 0 Å². The molecule has 5 nitrogen and oxygen atoms in total. The molecule has 126 valence electrons. The zero-order valence-corrected chi connectivity index (χ0v) is 14.5. The van der Waals surface area contributed by atoms with E-state index in [0.717, 1.165) is 6.42 Å². The summed E-state index contributed by atoms with van der Waals surface area (Å²) in [6.07, 6.45) is 0.871. The van der Waals surface area contributed by atoms with Gasteiger partial charge in [-0.3, -0.25) is 14.4 Å². The lowest BCUT2D eigenvalue weighted by molar-refractivity contribution is -0.138. The Kier molecular flexibility index (Phi) is 6.49. The molecule has 0 radical (unpaired) electrons. The summed E-state index contributed by atoms with van der Waals surface area (Å²) >= 11 is 0. The minimum Gasteiger partial charge on any atom is -0.355 e. The number of amides is 2. The summed E-state index contributed by atoms with van der Waals surface area (Å²) in [5.41, 5.74) is -0.0345. The lowest BCUT2D eigenvalue weighted by Gasteiger charge is -2.23. The Morgan fingerprint density at radius 1 is 1.04 bits per heavy atom. The molecule has 0 saturated carbocycles. The van der Waals surface area contributed by atoms with Crippen LogP contribution in [0.2, 0.25) is 0 Å². The van der Waals surface area contributed by atoms with Gasteiger partial charge in [0, 0.05) is 17.8 Å². The first-order chi connectivity index (χ1) is 10.6. The predicted octanol–water partition coefficient (Wildman–Crippen LogP) is 3.02.